The molecule has 6 rings (SSSR count). The Morgan fingerprint density at radius 3 is 2.91 bits per heavy atom. The first-order valence-electron chi connectivity index (χ1n) is 10.5. The number of hydrogen-bond acceptors (Lipinski definition) is 6. The van der Waals surface area contributed by atoms with Crippen LogP contribution in [0.1, 0.15) is 77.0 Å². The second-order valence-corrected chi connectivity index (χ2v) is 8.15. The fourth-order valence-electron chi connectivity index (χ4n) is 4.41. The van der Waals surface area contributed by atoms with Gasteiger partial charge in [0, 0.05) is 24.6 Å². The molecule has 0 unspecified atom stereocenters. The van der Waals surface area contributed by atoms with Crippen LogP contribution in [0.25, 0.3) is 5.52 Å². The number of carbonyl (C=O) groups excluding carboxylic acids is 1. The molecule has 2 aliphatic rings. The van der Waals surface area contributed by atoms with E-state index in [4.69, 9.17) is 4.42 Å². The number of hydrogen-bond donors (Lipinski definition) is 1. The standard InChI is InChI=1S/C21H19F2N7O2/c22-18(23)15-6-2-5-12-9-14(28-30(12)15)17-16-13(24-10-25-16)7-8-29(17)21(31)20-27-26-19(32-20)11-3-1-4-11/h2,5-6,9-11,17-18H,1,3-4,7-8H2,(H,24,25)/t17-/m1/s1. The van der Waals surface area contributed by atoms with Gasteiger partial charge >= 0.3 is 11.8 Å². The Morgan fingerprint density at radius 2 is 2.12 bits per heavy atom. The number of halogens is 2. The molecule has 0 radical (unpaired) electrons. The Morgan fingerprint density at radius 1 is 1.25 bits per heavy atom. The zero-order valence-electron chi connectivity index (χ0n) is 16.9. The molecular formula is C21H19F2N7O2. The van der Waals surface area contributed by atoms with Crippen molar-refractivity contribution in [1.82, 2.24) is 34.7 Å². The number of pyridine rings is 1. The summed E-state index contributed by atoms with van der Waals surface area (Å²) in [6.45, 7) is 0.370. The number of imidazole rings is 1. The van der Waals surface area contributed by atoms with Gasteiger partial charge in [0.05, 0.1) is 23.2 Å². The maximum atomic E-state index is 13.5. The summed E-state index contributed by atoms with van der Waals surface area (Å²) >= 11 is 0. The highest BCUT2D eigenvalue weighted by atomic mass is 19.3. The largest absolute Gasteiger partial charge is 0.417 e. The molecule has 1 aliphatic heterocycles. The van der Waals surface area contributed by atoms with Crippen LogP contribution in [0, 0.1) is 0 Å². The normalized spacial score (nSPS) is 18.8. The number of carbonyl (C=O) groups is 1. The molecule has 1 amide bonds. The minimum atomic E-state index is -2.68. The Kier molecular flexibility index (Phi) is 4.30. The molecule has 0 bridgehead atoms. The van der Waals surface area contributed by atoms with E-state index < -0.39 is 18.4 Å². The lowest BCUT2D eigenvalue weighted by Crippen LogP contribution is -2.41. The number of aromatic amines is 1. The van der Waals surface area contributed by atoms with Crippen molar-refractivity contribution in [2.75, 3.05) is 6.54 Å². The van der Waals surface area contributed by atoms with Crippen molar-refractivity contribution in [3.8, 4) is 0 Å². The molecule has 1 aliphatic carbocycles. The summed E-state index contributed by atoms with van der Waals surface area (Å²) in [4.78, 5) is 22.5. The second kappa shape index (κ2) is 7.21. The molecule has 0 saturated heterocycles. The summed E-state index contributed by atoms with van der Waals surface area (Å²) in [5.41, 5.74) is 2.25. The van der Waals surface area contributed by atoms with Crippen LogP contribution < -0.4 is 0 Å². The van der Waals surface area contributed by atoms with Crippen molar-refractivity contribution in [3.05, 3.63) is 65.1 Å². The zero-order chi connectivity index (χ0) is 21.8. The average Bonchev–Trinajstić information content (AvgIpc) is 3.49. The van der Waals surface area contributed by atoms with E-state index >= 15 is 0 Å². The topological polar surface area (TPSA) is 105 Å². The number of H-pyrrole nitrogens is 1. The number of rotatable bonds is 4. The lowest BCUT2D eigenvalue weighted by molar-refractivity contribution is 0.0642. The van der Waals surface area contributed by atoms with Crippen LogP contribution >= 0.6 is 0 Å². The van der Waals surface area contributed by atoms with Gasteiger partial charge in [-0.05, 0) is 31.0 Å². The van der Waals surface area contributed by atoms with Crippen molar-refractivity contribution in [3.63, 3.8) is 0 Å². The SMILES string of the molecule is O=C(c1nnc(C2CCC2)o1)N1CCc2[nH]cnc2[C@H]1c1cc2cccc(C(F)F)n2n1. The highest BCUT2D eigenvalue weighted by Crippen LogP contribution is 2.37. The number of alkyl halides is 2. The van der Waals surface area contributed by atoms with Crippen LogP contribution in [0.3, 0.4) is 0 Å². The molecule has 1 fully saturated rings. The van der Waals surface area contributed by atoms with Crippen molar-refractivity contribution in [1.29, 1.82) is 0 Å². The van der Waals surface area contributed by atoms with E-state index in [1.165, 1.54) is 10.6 Å². The lowest BCUT2D eigenvalue weighted by Gasteiger charge is -2.32. The van der Waals surface area contributed by atoms with Gasteiger partial charge < -0.3 is 14.3 Å². The van der Waals surface area contributed by atoms with E-state index in [2.05, 4.69) is 25.3 Å². The van der Waals surface area contributed by atoms with Gasteiger partial charge in [0.25, 0.3) is 6.43 Å². The van der Waals surface area contributed by atoms with Crippen LogP contribution in [-0.2, 0) is 6.42 Å². The Hall–Kier alpha value is -3.63. The third-order valence-electron chi connectivity index (χ3n) is 6.30. The van der Waals surface area contributed by atoms with Gasteiger partial charge in [-0.1, -0.05) is 12.5 Å². The molecule has 1 N–H and O–H groups in total. The fourth-order valence-corrected chi connectivity index (χ4v) is 4.41. The highest BCUT2D eigenvalue weighted by Gasteiger charge is 2.38. The first-order chi connectivity index (χ1) is 15.6. The maximum absolute atomic E-state index is 13.5. The maximum Gasteiger partial charge on any atom is 0.312 e. The third kappa shape index (κ3) is 2.91. The number of fused-ring (bicyclic) bond motifs is 2. The molecule has 1 atom stereocenters. The van der Waals surface area contributed by atoms with Gasteiger partial charge in [-0.2, -0.15) is 5.10 Å². The van der Waals surface area contributed by atoms with Gasteiger partial charge in [0.15, 0.2) is 0 Å². The van der Waals surface area contributed by atoms with E-state index in [1.807, 2.05) is 0 Å². The first-order valence-corrected chi connectivity index (χ1v) is 10.5. The van der Waals surface area contributed by atoms with Crippen molar-refractivity contribution in [2.45, 2.75) is 44.1 Å². The fraction of sp³-hybridized carbons (Fsp3) is 0.381. The summed E-state index contributed by atoms with van der Waals surface area (Å²) in [6, 6.07) is 5.63. The van der Waals surface area contributed by atoms with Gasteiger partial charge in [-0.25, -0.2) is 18.3 Å². The molecule has 4 aromatic heterocycles. The lowest BCUT2D eigenvalue weighted by atomic mass is 9.85. The van der Waals surface area contributed by atoms with Crippen molar-refractivity contribution < 1.29 is 18.0 Å². The molecule has 164 valence electrons. The molecule has 0 aromatic carbocycles. The molecule has 11 heteroatoms. The van der Waals surface area contributed by atoms with E-state index in [-0.39, 0.29) is 17.5 Å². The molecule has 9 nitrogen and oxygen atoms in total. The van der Waals surface area contributed by atoms with Gasteiger partial charge in [-0.3, -0.25) is 4.79 Å². The molecule has 0 spiro atoms. The van der Waals surface area contributed by atoms with E-state index in [1.54, 1.807) is 29.4 Å². The summed E-state index contributed by atoms with van der Waals surface area (Å²) in [5, 5.41) is 12.5. The Labute approximate surface area is 180 Å². The third-order valence-corrected chi connectivity index (χ3v) is 6.30. The zero-order valence-corrected chi connectivity index (χ0v) is 16.9. The first kappa shape index (κ1) is 19.1. The molecule has 32 heavy (non-hydrogen) atoms. The highest BCUT2D eigenvalue weighted by molar-refractivity contribution is 5.90. The number of nitrogens with zero attached hydrogens (tertiary/aromatic N) is 6. The van der Waals surface area contributed by atoms with Crippen LogP contribution in [0.2, 0.25) is 0 Å². The second-order valence-electron chi connectivity index (χ2n) is 8.15. The monoisotopic (exact) mass is 439 g/mol. The molecule has 4 aromatic rings. The summed E-state index contributed by atoms with van der Waals surface area (Å²) in [6.07, 6.45) is 2.52. The van der Waals surface area contributed by atoms with Crippen LogP contribution in [0.15, 0.2) is 35.0 Å². The van der Waals surface area contributed by atoms with Crippen LogP contribution in [-0.4, -0.2) is 47.1 Å². The van der Waals surface area contributed by atoms with E-state index in [0.29, 0.717) is 35.8 Å². The number of aromatic nitrogens is 6. The summed E-state index contributed by atoms with van der Waals surface area (Å²) < 4.78 is 33.9. The van der Waals surface area contributed by atoms with Crippen LogP contribution in [0.4, 0.5) is 8.78 Å². The minimum Gasteiger partial charge on any atom is -0.417 e. The Bertz CT molecular complexity index is 1310. The van der Waals surface area contributed by atoms with Gasteiger partial charge in [0.2, 0.25) is 5.89 Å². The summed E-state index contributed by atoms with van der Waals surface area (Å²) in [5.74, 6) is 0.203. The minimum absolute atomic E-state index is 0.0760. The quantitative estimate of drug-likeness (QED) is 0.522. The van der Waals surface area contributed by atoms with E-state index in [9.17, 15) is 13.6 Å². The Balaban J connectivity index is 1.42. The van der Waals surface area contributed by atoms with Crippen molar-refractivity contribution >= 4 is 11.4 Å². The number of amides is 1. The predicted molar refractivity (Wildman–Crippen MR) is 106 cm³/mol. The predicted octanol–water partition coefficient (Wildman–Crippen LogP) is 3.43. The molecule has 5 heterocycles. The average molecular weight is 439 g/mol. The molecule has 1 saturated carbocycles. The van der Waals surface area contributed by atoms with Gasteiger partial charge in [-0.15, -0.1) is 10.2 Å². The van der Waals surface area contributed by atoms with Gasteiger partial charge in [0.1, 0.15) is 11.7 Å². The molecular weight excluding hydrogens is 420 g/mol. The summed E-state index contributed by atoms with van der Waals surface area (Å²) in [7, 11) is 0. The number of nitrogens with one attached hydrogen (secondary N) is 1. The van der Waals surface area contributed by atoms with Crippen molar-refractivity contribution in [2.24, 2.45) is 0 Å². The van der Waals surface area contributed by atoms with E-state index in [0.717, 1.165) is 25.0 Å². The smallest absolute Gasteiger partial charge is 0.312 e. The van der Waals surface area contributed by atoms with Crippen LogP contribution in [0.5, 0.6) is 0 Å².